The third kappa shape index (κ3) is 4.60. The largest absolute Gasteiger partial charge is 0.326 e. The van der Waals surface area contributed by atoms with E-state index in [0.29, 0.717) is 12.5 Å². The second-order valence-corrected chi connectivity index (χ2v) is 7.19. The van der Waals surface area contributed by atoms with Crippen LogP contribution >= 0.6 is 0 Å². The first-order valence-electron chi connectivity index (χ1n) is 8.94. The van der Waals surface area contributed by atoms with Crippen molar-refractivity contribution in [2.45, 2.75) is 32.7 Å². The van der Waals surface area contributed by atoms with Crippen LogP contribution in [0.5, 0.6) is 0 Å². The molecule has 1 aliphatic heterocycles. The predicted molar refractivity (Wildman–Crippen MR) is 103 cm³/mol. The smallest absolute Gasteiger partial charge is 0.321 e. The highest BCUT2D eigenvalue weighted by Crippen LogP contribution is 2.22. The Hall–Kier alpha value is -2.33. The van der Waals surface area contributed by atoms with Crippen LogP contribution in [0.3, 0.4) is 0 Å². The summed E-state index contributed by atoms with van der Waals surface area (Å²) in [7, 11) is 0. The molecule has 1 aliphatic rings. The molecule has 0 aliphatic carbocycles. The Morgan fingerprint density at radius 1 is 1.12 bits per heavy atom. The topological polar surface area (TPSA) is 58.4 Å². The summed E-state index contributed by atoms with van der Waals surface area (Å²) >= 11 is 0. The fourth-order valence-corrected chi connectivity index (χ4v) is 3.55. The molecular formula is C21H27N3O. The maximum atomic E-state index is 12.6. The van der Waals surface area contributed by atoms with Gasteiger partial charge in [0.2, 0.25) is 0 Å². The average Bonchev–Trinajstić information content (AvgIpc) is 2.58. The SMILES string of the molecule is Cc1ccc(CC2CC(N)CN(C(=O)Nc3ccccc3)C2)cc1C. The average molecular weight is 337 g/mol. The van der Waals surface area contributed by atoms with E-state index in [4.69, 9.17) is 5.73 Å². The van der Waals surface area contributed by atoms with E-state index in [2.05, 4.69) is 37.4 Å². The van der Waals surface area contributed by atoms with Crippen molar-refractivity contribution >= 4 is 11.7 Å². The molecule has 1 fully saturated rings. The van der Waals surface area contributed by atoms with Gasteiger partial charge in [-0.2, -0.15) is 0 Å². The van der Waals surface area contributed by atoms with E-state index in [0.717, 1.165) is 25.1 Å². The van der Waals surface area contributed by atoms with Crippen LogP contribution < -0.4 is 11.1 Å². The Kier molecular flexibility index (Phi) is 5.39. The summed E-state index contributed by atoms with van der Waals surface area (Å²) in [5, 5.41) is 2.96. The molecule has 2 aromatic rings. The number of likely N-dealkylation sites (tertiary alicyclic amines) is 1. The maximum absolute atomic E-state index is 12.6. The lowest BCUT2D eigenvalue weighted by Gasteiger charge is -2.36. The summed E-state index contributed by atoms with van der Waals surface area (Å²) in [4.78, 5) is 14.4. The number of hydrogen-bond donors (Lipinski definition) is 2. The standard InChI is InChI=1S/C21H27N3O/c1-15-8-9-17(10-16(15)2)11-18-12-19(22)14-24(13-18)21(25)23-20-6-4-3-5-7-20/h3-10,18-19H,11-14,22H2,1-2H3,(H,23,25). The van der Waals surface area contributed by atoms with E-state index in [1.807, 2.05) is 35.2 Å². The van der Waals surface area contributed by atoms with Gasteiger partial charge in [-0.1, -0.05) is 36.4 Å². The van der Waals surface area contributed by atoms with Crippen LogP contribution in [-0.4, -0.2) is 30.1 Å². The molecule has 3 rings (SSSR count). The van der Waals surface area contributed by atoms with Crippen molar-refractivity contribution in [2.75, 3.05) is 18.4 Å². The molecule has 2 atom stereocenters. The molecule has 4 heteroatoms. The van der Waals surface area contributed by atoms with Crippen molar-refractivity contribution < 1.29 is 4.79 Å². The highest BCUT2D eigenvalue weighted by molar-refractivity contribution is 5.89. The third-order valence-electron chi connectivity index (χ3n) is 4.98. The maximum Gasteiger partial charge on any atom is 0.321 e. The first kappa shape index (κ1) is 17.5. The van der Waals surface area contributed by atoms with E-state index in [9.17, 15) is 4.79 Å². The quantitative estimate of drug-likeness (QED) is 0.896. The van der Waals surface area contributed by atoms with Gasteiger partial charge in [0.15, 0.2) is 0 Å². The van der Waals surface area contributed by atoms with Gasteiger partial charge in [-0.05, 0) is 61.4 Å². The Morgan fingerprint density at radius 3 is 2.60 bits per heavy atom. The van der Waals surface area contributed by atoms with Gasteiger partial charge in [-0.15, -0.1) is 0 Å². The zero-order valence-electron chi connectivity index (χ0n) is 15.0. The Bertz CT molecular complexity index is 729. The highest BCUT2D eigenvalue weighted by Gasteiger charge is 2.28. The molecule has 3 N–H and O–H groups in total. The Morgan fingerprint density at radius 2 is 1.88 bits per heavy atom. The van der Waals surface area contributed by atoms with E-state index in [-0.39, 0.29) is 12.1 Å². The molecule has 2 amide bonds. The number of amides is 2. The van der Waals surface area contributed by atoms with Crippen LogP contribution in [-0.2, 0) is 6.42 Å². The molecule has 2 aromatic carbocycles. The van der Waals surface area contributed by atoms with E-state index in [1.165, 1.54) is 16.7 Å². The zero-order chi connectivity index (χ0) is 17.8. The normalized spacial score (nSPS) is 20.4. The lowest BCUT2D eigenvalue weighted by Crippen LogP contribution is -2.51. The summed E-state index contributed by atoms with van der Waals surface area (Å²) in [5.74, 6) is 0.396. The molecule has 4 nitrogen and oxygen atoms in total. The molecule has 0 spiro atoms. The van der Waals surface area contributed by atoms with Crippen LogP contribution in [0.4, 0.5) is 10.5 Å². The van der Waals surface area contributed by atoms with Gasteiger partial charge < -0.3 is 16.0 Å². The minimum atomic E-state index is -0.0635. The number of benzene rings is 2. The fraction of sp³-hybridized carbons (Fsp3) is 0.381. The number of nitrogens with two attached hydrogens (primary N) is 1. The van der Waals surface area contributed by atoms with Gasteiger partial charge in [-0.3, -0.25) is 0 Å². The van der Waals surface area contributed by atoms with Crippen molar-refractivity contribution in [1.82, 2.24) is 4.90 Å². The minimum absolute atomic E-state index is 0.0341. The molecule has 2 unspecified atom stereocenters. The van der Waals surface area contributed by atoms with Crippen LogP contribution in [0.2, 0.25) is 0 Å². The van der Waals surface area contributed by atoms with Crippen LogP contribution in [0.25, 0.3) is 0 Å². The van der Waals surface area contributed by atoms with E-state index < -0.39 is 0 Å². The van der Waals surface area contributed by atoms with Gasteiger partial charge >= 0.3 is 6.03 Å². The molecule has 25 heavy (non-hydrogen) atoms. The lowest BCUT2D eigenvalue weighted by molar-refractivity contribution is 0.166. The fourth-order valence-electron chi connectivity index (χ4n) is 3.55. The summed E-state index contributed by atoms with van der Waals surface area (Å²) in [5.41, 5.74) is 11.0. The molecule has 0 bridgehead atoms. The monoisotopic (exact) mass is 337 g/mol. The Balaban J connectivity index is 1.64. The Labute approximate surface area is 150 Å². The predicted octanol–water partition coefficient (Wildman–Crippen LogP) is 3.73. The number of carbonyl (C=O) groups excluding carboxylic acids is 1. The summed E-state index contributed by atoms with van der Waals surface area (Å²) in [6.07, 6.45) is 1.92. The van der Waals surface area contributed by atoms with Crippen molar-refractivity contribution in [1.29, 1.82) is 0 Å². The highest BCUT2D eigenvalue weighted by atomic mass is 16.2. The second kappa shape index (κ2) is 7.70. The van der Waals surface area contributed by atoms with Crippen molar-refractivity contribution in [2.24, 2.45) is 11.7 Å². The van der Waals surface area contributed by atoms with Gasteiger partial charge in [0.25, 0.3) is 0 Å². The van der Waals surface area contributed by atoms with Crippen LogP contribution in [0.15, 0.2) is 48.5 Å². The van der Waals surface area contributed by atoms with E-state index >= 15 is 0 Å². The number of hydrogen-bond acceptors (Lipinski definition) is 2. The van der Waals surface area contributed by atoms with Gasteiger partial charge in [-0.25, -0.2) is 4.79 Å². The second-order valence-electron chi connectivity index (χ2n) is 7.19. The molecule has 0 aromatic heterocycles. The number of para-hydroxylation sites is 1. The third-order valence-corrected chi connectivity index (χ3v) is 4.98. The van der Waals surface area contributed by atoms with Crippen molar-refractivity contribution in [3.05, 3.63) is 65.2 Å². The number of anilines is 1. The number of urea groups is 1. The molecule has 1 saturated heterocycles. The number of aryl methyl sites for hydroxylation is 2. The molecule has 132 valence electrons. The first-order chi connectivity index (χ1) is 12.0. The number of carbonyl (C=O) groups is 1. The molecule has 0 radical (unpaired) electrons. The van der Waals surface area contributed by atoms with Crippen molar-refractivity contribution in [3.8, 4) is 0 Å². The van der Waals surface area contributed by atoms with Gasteiger partial charge in [0.1, 0.15) is 0 Å². The zero-order valence-corrected chi connectivity index (χ0v) is 15.0. The number of piperidine rings is 1. The van der Waals surface area contributed by atoms with E-state index in [1.54, 1.807) is 0 Å². The summed E-state index contributed by atoms with van der Waals surface area (Å²) in [6, 6.07) is 16.2. The van der Waals surface area contributed by atoms with Crippen LogP contribution in [0, 0.1) is 19.8 Å². The minimum Gasteiger partial charge on any atom is -0.326 e. The number of nitrogens with zero attached hydrogens (tertiary/aromatic N) is 1. The van der Waals surface area contributed by atoms with Crippen LogP contribution in [0.1, 0.15) is 23.1 Å². The summed E-state index contributed by atoms with van der Waals surface area (Å²) in [6.45, 7) is 5.64. The number of rotatable bonds is 3. The van der Waals surface area contributed by atoms with Gasteiger partial charge in [0.05, 0.1) is 0 Å². The van der Waals surface area contributed by atoms with Crippen molar-refractivity contribution in [3.63, 3.8) is 0 Å². The molecular weight excluding hydrogens is 310 g/mol. The molecule has 0 saturated carbocycles. The summed E-state index contributed by atoms with van der Waals surface area (Å²) < 4.78 is 0. The van der Waals surface area contributed by atoms with Gasteiger partial charge in [0, 0.05) is 24.8 Å². The first-order valence-corrected chi connectivity index (χ1v) is 8.94. The number of nitrogens with one attached hydrogen (secondary N) is 1. The lowest BCUT2D eigenvalue weighted by atomic mass is 9.88. The molecule has 1 heterocycles.